The van der Waals surface area contributed by atoms with Gasteiger partial charge in [-0.2, -0.15) is 0 Å². The topological polar surface area (TPSA) is 49.4 Å². The van der Waals surface area contributed by atoms with E-state index in [1.165, 1.54) is 18.4 Å². The summed E-state index contributed by atoms with van der Waals surface area (Å²) >= 11 is 0. The van der Waals surface area contributed by atoms with Gasteiger partial charge in [0.05, 0.1) is 4.90 Å². The van der Waals surface area contributed by atoms with Crippen molar-refractivity contribution in [1.29, 1.82) is 0 Å². The predicted octanol–water partition coefficient (Wildman–Crippen LogP) is 2.70. The molecule has 0 bridgehead atoms. The third-order valence-electron chi connectivity index (χ3n) is 2.83. The number of rotatable bonds is 7. The first kappa shape index (κ1) is 15.7. The first-order chi connectivity index (χ1) is 8.87. The van der Waals surface area contributed by atoms with Crippen LogP contribution in [-0.4, -0.2) is 32.9 Å². The number of nitrogens with zero attached hydrogens (tertiary/aromatic N) is 1. The summed E-state index contributed by atoms with van der Waals surface area (Å²) in [6.45, 7) is 5.76. The highest BCUT2D eigenvalue weighted by Gasteiger charge is 2.17. The molecule has 0 spiro atoms. The molecule has 0 aromatic heterocycles. The van der Waals surface area contributed by atoms with Crippen molar-refractivity contribution in [2.75, 3.05) is 19.4 Å². The summed E-state index contributed by atoms with van der Waals surface area (Å²) in [7, 11) is -0.315. The van der Waals surface area contributed by atoms with Crippen molar-refractivity contribution in [3.8, 4) is 0 Å². The minimum Gasteiger partial charge on any atom is -0.383 e. The zero-order valence-corrected chi connectivity index (χ0v) is 12.6. The summed E-state index contributed by atoms with van der Waals surface area (Å²) in [6.07, 6.45) is 3.78. The molecule has 1 rings (SSSR count). The van der Waals surface area contributed by atoms with Crippen molar-refractivity contribution < 1.29 is 8.42 Å². The fourth-order valence-corrected chi connectivity index (χ4v) is 2.63. The Bertz CT molecular complexity index is 524. The zero-order chi connectivity index (χ0) is 14.5. The number of benzene rings is 1. The molecule has 1 aromatic rings. The second-order valence-corrected chi connectivity index (χ2v) is 6.88. The Morgan fingerprint density at radius 2 is 2.11 bits per heavy atom. The van der Waals surface area contributed by atoms with Gasteiger partial charge in [0.25, 0.3) is 0 Å². The average molecular weight is 282 g/mol. The van der Waals surface area contributed by atoms with Gasteiger partial charge in [-0.15, -0.1) is 6.58 Å². The Balaban J connectivity index is 2.86. The highest BCUT2D eigenvalue weighted by atomic mass is 32.2. The molecule has 0 fully saturated rings. The number of allylic oxidation sites excluding steroid dienone is 1. The number of nitrogens with one attached hydrogen (secondary N) is 1. The summed E-state index contributed by atoms with van der Waals surface area (Å²) in [4.78, 5) is 0.304. The van der Waals surface area contributed by atoms with E-state index in [-0.39, 0.29) is 6.04 Å². The van der Waals surface area contributed by atoms with Crippen molar-refractivity contribution in [3.05, 3.63) is 36.9 Å². The number of anilines is 1. The number of hydrogen-bond acceptors (Lipinski definition) is 3. The first-order valence-corrected chi connectivity index (χ1v) is 7.72. The maximum absolute atomic E-state index is 12.0. The van der Waals surface area contributed by atoms with Crippen molar-refractivity contribution in [2.45, 2.75) is 30.7 Å². The van der Waals surface area contributed by atoms with Gasteiger partial charge in [0.2, 0.25) is 10.0 Å². The van der Waals surface area contributed by atoms with E-state index in [0.29, 0.717) is 4.90 Å². The normalized spacial score (nSPS) is 13.3. The molecule has 0 amide bonds. The first-order valence-electron chi connectivity index (χ1n) is 6.28. The fraction of sp³-hybridized carbons (Fsp3) is 0.429. The average Bonchev–Trinajstić information content (AvgIpc) is 2.36. The maximum atomic E-state index is 12.0. The molecule has 0 aliphatic carbocycles. The van der Waals surface area contributed by atoms with Crippen LogP contribution in [0.3, 0.4) is 0 Å². The molecular formula is C14H22N2O2S. The molecular weight excluding hydrogens is 260 g/mol. The summed E-state index contributed by atoms with van der Waals surface area (Å²) in [5.41, 5.74) is 0.819. The van der Waals surface area contributed by atoms with Crippen LogP contribution in [0, 0.1) is 0 Å². The van der Waals surface area contributed by atoms with Crippen LogP contribution in [-0.2, 0) is 10.0 Å². The minimum absolute atomic E-state index is 0.273. The summed E-state index contributed by atoms with van der Waals surface area (Å²) in [5.74, 6) is 0. The van der Waals surface area contributed by atoms with E-state index in [9.17, 15) is 8.42 Å². The molecule has 1 atom stereocenters. The molecule has 1 N–H and O–H groups in total. The Kier molecular flexibility index (Phi) is 5.57. The molecule has 1 unspecified atom stereocenters. The highest BCUT2D eigenvalue weighted by Crippen LogP contribution is 2.19. The molecule has 0 saturated heterocycles. The van der Waals surface area contributed by atoms with Gasteiger partial charge in [0, 0.05) is 25.8 Å². The van der Waals surface area contributed by atoms with Gasteiger partial charge in [-0.1, -0.05) is 12.1 Å². The maximum Gasteiger partial charge on any atom is 0.242 e. The Morgan fingerprint density at radius 3 is 2.68 bits per heavy atom. The van der Waals surface area contributed by atoms with Crippen molar-refractivity contribution in [1.82, 2.24) is 4.31 Å². The molecule has 0 heterocycles. The number of sulfonamides is 1. The third kappa shape index (κ3) is 4.36. The Morgan fingerprint density at radius 1 is 1.42 bits per heavy atom. The lowest BCUT2D eigenvalue weighted by Crippen LogP contribution is -2.22. The molecule has 4 nitrogen and oxygen atoms in total. The van der Waals surface area contributed by atoms with Gasteiger partial charge in [0.1, 0.15) is 0 Å². The van der Waals surface area contributed by atoms with Crippen molar-refractivity contribution in [2.24, 2.45) is 0 Å². The van der Waals surface area contributed by atoms with Gasteiger partial charge in [0.15, 0.2) is 0 Å². The van der Waals surface area contributed by atoms with E-state index in [2.05, 4.69) is 18.8 Å². The van der Waals surface area contributed by atoms with E-state index in [1.807, 2.05) is 12.1 Å². The highest BCUT2D eigenvalue weighted by molar-refractivity contribution is 7.89. The molecule has 1 aromatic carbocycles. The summed E-state index contributed by atoms with van der Waals surface area (Å²) in [6, 6.07) is 7.17. The predicted molar refractivity (Wildman–Crippen MR) is 79.8 cm³/mol. The summed E-state index contributed by atoms with van der Waals surface area (Å²) in [5, 5.41) is 3.30. The van der Waals surface area contributed by atoms with E-state index < -0.39 is 10.0 Å². The minimum atomic E-state index is -3.37. The van der Waals surface area contributed by atoms with Gasteiger partial charge >= 0.3 is 0 Å². The molecule has 5 heteroatoms. The summed E-state index contributed by atoms with van der Waals surface area (Å²) < 4.78 is 25.3. The van der Waals surface area contributed by atoms with Crippen LogP contribution in [0.4, 0.5) is 5.69 Å². The SMILES string of the molecule is C=CCCC(C)Nc1cccc(S(=O)(=O)N(C)C)c1. The van der Waals surface area contributed by atoms with Crippen LogP contribution >= 0.6 is 0 Å². The molecule has 0 aliphatic heterocycles. The van der Waals surface area contributed by atoms with E-state index in [1.54, 1.807) is 18.2 Å². The van der Waals surface area contributed by atoms with E-state index in [0.717, 1.165) is 18.5 Å². The number of hydrogen-bond donors (Lipinski definition) is 1. The second kappa shape index (κ2) is 6.73. The Labute approximate surface area is 116 Å². The van der Waals surface area contributed by atoms with Gasteiger partial charge in [-0.3, -0.25) is 0 Å². The Hall–Kier alpha value is -1.33. The lowest BCUT2D eigenvalue weighted by Gasteiger charge is -2.16. The van der Waals surface area contributed by atoms with Gasteiger partial charge in [-0.25, -0.2) is 12.7 Å². The van der Waals surface area contributed by atoms with Crippen LogP contribution in [0.15, 0.2) is 41.8 Å². The lowest BCUT2D eigenvalue weighted by atomic mass is 10.1. The van der Waals surface area contributed by atoms with Gasteiger partial charge < -0.3 is 5.32 Å². The van der Waals surface area contributed by atoms with Gasteiger partial charge in [-0.05, 0) is 38.0 Å². The van der Waals surface area contributed by atoms with E-state index in [4.69, 9.17) is 0 Å². The standard InChI is InChI=1S/C14H22N2O2S/c1-5-6-8-12(2)15-13-9-7-10-14(11-13)19(17,18)16(3)4/h5,7,9-12,15H,1,6,8H2,2-4H3. The van der Waals surface area contributed by atoms with Crippen LogP contribution in [0.1, 0.15) is 19.8 Å². The van der Waals surface area contributed by atoms with Crippen LogP contribution in [0.25, 0.3) is 0 Å². The molecule has 0 radical (unpaired) electrons. The van der Waals surface area contributed by atoms with Crippen molar-refractivity contribution >= 4 is 15.7 Å². The molecule has 0 saturated carbocycles. The fourth-order valence-electron chi connectivity index (χ4n) is 1.68. The quantitative estimate of drug-likeness (QED) is 0.782. The molecule has 19 heavy (non-hydrogen) atoms. The van der Waals surface area contributed by atoms with Crippen molar-refractivity contribution in [3.63, 3.8) is 0 Å². The second-order valence-electron chi connectivity index (χ2n) is 4.73. The third-order valence-corrected chi connectivity index (χ3v) is 4.64. The largest absolute Gasteiger partial charge is 0.383 e. The van der Waals surface area contributed by atoms with Crippen LogP contribution < -0.4 is 5.32 Å². The van der Waals surface area contributed by atoms with E-state index >= 15 is 0 Å². The smallest absolute Gasteiger partial charge is 0.242 e. The molecule has 0 aliphatic rings. The monoisotopic (exact) mass is 282 g/mol. The molecule has 106 valence electrons. The van der Waals surface area contributed by atoms with Crippen LogP contribution in [0.5, 0.6) is 0 Å². The zero-order valence-electron chi connectivity index (χ0n) is 11.8. The lowest BCUT2D eigenvalue weighted by molar-refractivity contribution is 0.521. The van der Waals surface area contributed by atoms with Crippen LogP contribution in [0.2, 0.25) is 0 Å².